The lowest BCUT2D eigenvalue weighted by molar-refractivity contribution is 0.0835. The second-order valence-electron chi connectivity index (χ2n) is 1.88. The highest BCUT2D eigenvalue weighted by Gasteiger charge is 2.19. The van der Waals surface area contributed by atoms with Gasteiger partial charge in [-0.3, -0.25) is 0 Å². The zero-order chi connectivity index (χ0) is 5.98. The Bertz CT molecular complexity index is 66.8. The van der Waals surface area contributed by atoms with Gasteiger partial charge in [-0.1, -0.05) is 31.9 Å². The van der Waals surface area contributed by atoms with Gasteiger partial charge in [0.25, 0.3) is 0 Å². The van der Waals surface area contributed by atoms with Crippen LogP contribution in [0.3, 0.4) is 0 Å². The highest BCUT2D eigenvalue weighted by molar-refractivity contribution is 9.12. The fourth-order valence-corrected chi connectivity index (χ4v) is 1.64. The van der Waals surface area contributed by atoms with E-state index in [9.17, 15) is 0 Å². The molecule has 0 aromatic carbocycles. The van der Waals surface area contributed by atoms with Crippen molar-refractivity contribution in [3.63, 3.8) is 0 Å². The summed E-state index contributed by atoms with van der Waals surface area (Å²) in [6.45, 7) is 0.901. The van der Waals surface area contributed by atoms with Crippen LogP contribution in [0.25, 0.3) is 0 Å². The molecule has 2 unspecified atom stereocenters. The van der Waals surface area contributed by atoms with Gasteiger partial charge in [0.05, 0.1) is 4.83 Å². The van der Waals surface area contributed by atoms with Crippen LogP contribution >= 0.6 is 31.9 Å². The molecule has 0 aromatic heterocycles. The van der Waals surface area contributed by atoms with Gasteiger partial charge in [0, 0.05) is 6.61 Å². The lowest BCUT2D eigenvalue weighted by Gasteiger charge is -2.22. The maximum absolute atomic E-state index is 5.26. The molecule has 1 rings (SSSR count). The fourth-order valence-electron chi connectivity index (χ4n) is 0.710. The molecule has 0 aromatic rings. The molecule has 48 valence electrons. The van der Waals surface area contributed by atoms with Crippen molar-refractivity contribution in [2.75, 3.05) is 6.61 Å². The number of hydrogen-bond acceptors (Lipinski definition) is 1. The summed E-state index contributed by atoms with van der Waals surface area (Å²) in [7, 11) is 0. The third kappa shape index (κ3) is 1.71. The molecule has 0 spiro atoms. The van der Waals surface area contributed by atoms with Crippen molar-refractivity contribution in [1.29, 1.82) is 0 Å². The molecule has 1 aliphatic rings. The molecular formula is C5H8Br2O. The maximum Gasteiger partial charge on any atom is 0.124 e. The first-order valence-electron chi connectivity index (χ1n) is 2.70. The van der Waals surface area contributed by atoms with Crippen molar-refractivity contribution >= 4 is 31.9 Å². The van der Waals surface area contributed by atoms with Gasteiger partial charge in [-0.25, -0.2) is 0 Å². The minimum atomic E-state index is 0.233. The summed E-state index contributed by atoms with van der Waals surface area (Å²) >= 11 is 6.87. The molecule has 2 atom stereocenters. The Morgan fingerprint density at radius 2 is 2.12 bits per heavy atom. The molecular weight excluding hydrogens is 236 g/mol. The van der Waals surface area contributed by atoms with Crippen LogP contribution in [-0.2, 0) is 4.74 Å². The van der Waals surface area contributed by atoms with E-state index in [0.29, 0.717) is 4.83 Å². The quantitative estimate of drug-likeness (QED) is 0.594. The number of ether oxygens (including phenoxy) is 1. The van der Waals surface area contributed by atoms with Crippen molar-refractivity contribution in [3.8, 4) is 0 Å². The molecule has 3 heteroatoms. The van der Waals surface area contributed by atoms with Gasteiger partial charge in [-0.15, -0.1) is 0 Å². The number of alkyl halides is 2. The summed E-state index contributed by atoms with van der Waals surface area (Å²) in [6, 6.07) is 0. The summed E-state index contributed by atoms with van der Waals surface area (Å²) in [6.07, 6.45) is 2.40. The molecule has 0 amide bonds. The van der Waals surface area contributed by atoms with Crippen LogP contribution in [0.2, 0.25) is 0 Å². The Hall–Kier alpha value is 0.920. The molecule has 0 aliphatic carbocycles. The van der Waals surface area contributed by atoms with Gasteiger partial charge >= 0.3 is 0 Å². The van der Waals surface area contributed by atoms with Gasteiger partial charge in [0.2, 0.25) is 0 Å². The van der Waals surface area contributed by atoms with Crippen LogP contribution in [0.5, 0.6) is 0 Å². The van der Waals surface area contributed by atoms with Gasteiger partial charge in [-0.05, 0) is 12.8 Å². The van der Waals surface area contributed by atoms with Gasteiger partial charge in [0.1, 0.15) is 5.01 Å². The van der Waals surface area contributed by atoms with Crippen LogP contribution < -0.4 is 0 Å². The predicted octanol–water partition coefficient (Wildman–Crippen LogP) is 2.28. The Balaban J connectivity index is 2.28. The zero-order valence-electron chi connectivity index (χ0n) is 4.44. The zero-order valence-corrected chi connectivity index (χ0v) is 7.61. The van der Waals surface area contributed by atoms with E-state index >= 15 is 0 Å². The van der Waals surface area contributed by atoms with Crippen molar-refractivity contribution in [2.24, 2.45) is 0 Å². The van der Waals surface area contributed by atoms with E-state index in [4.69, 9.17) is 4.74 Å². The minimum absolute atomic E-state index is 0.233. The van der Waals surface area contributed by atoms with E-state index < -0.39 is 0 Å². The Morgan fingerprint density at radius 1 is 1.38 bits per heavy atom. The number of halogens is 2. The molecule has 0 N–H and O–H groups in total. The smallest absolute Gasteiger partial charge is 0.124 e. The van der Waals surface area contributed by atoms with Crippen molar-refractivity contribution in [2.45, 2.75) is 22.7 Å². The average molecular weight is 244 g/mol. The first-order valence-corrected chi connectivity index (χ1v) is 4.53. The largest absolute Gasteiger partial charge is 0.366 e. The minimum Gasteiger partial charge on any atom is -0.366 e. The molecule has 8 heavy (non-hydrogen) atoms. The molecule has 1 saturated heterocycles. The van der Waals surface area contributed by atoms with E-state index in [1.54, 1.807) is 0 Å². The summed E-state index contributed by atoms with van der Waals surface area (Å²) in [5.41, 5.74) is 0. The summed E-state index contributed by atoms with van der Waals surface area (Å²) in [4.78, 5) is 0.510. The van der Waals surface area contributed by atoms with Crippen LogP contribution in [0.4, 0.5) is 0 Å². The average Bonchev–Trinajstić information content (AvgIpc) is 1.77. The fraction of sp³-hybridized carbons (Fsp3) is 1.00. The summed E-state index contributed by atoms with van der Waals surface area (Å²) in [5.74, 6) is 0. The summed E-state index contributed by atoms with van der Waals surface area (Å²) in [5, 5.41) is 0.233. The predicted molar refractivity (Wildman–Crippen MR) is 40.6 cm³/mol. The van der Waals surface area contributed by atoms with Crippen molar-refractivity contribution in [3.05, 3.63) is 0 Å². The van der Waals surface area contributed by atoms with E-state index in [-0.39, 0.29) is 5.01 Å². The molecule has 1 nitrogen and oxygen atoms in total. The van der Waals surface area contributed by atoms with Gasteiger partial charge in [0.15, 0.2) is 0 Å². The lowest BCUT2D eigenvalue weighted by atomic mass is 10.2. The molecule has 0 radical (unpaired) electrons. The second kappa shape index (κ2) is 3.18. The van der Waals surface area contributed by atoms with Crippen LogP contribution in [-0.4, -0.2) is 16.4 Å². The Morgan fingerprint density at radius 3 is 2.50 bits per heavy atom. The monoisotopic (exact) mass is 242 g/mol. The lowest BCUT2D eigenvalue weighted by Crippen LogP contribution is -2.23. The van der Waals surface area contributed by atoms with E-state index in [2.05, 4.69) is 31.9 Å². The van der Waals surface area contributed by atoms with Gasteiger partial charge in [-0.2, -0.15) is 0 Å². The third-order valence-electron chi connectivity index (χ3n) is 1.19. The topological polar surface area (TPSA) is 9.23 Å². The highest BCUT2D eigenvalue weighted by atomic mass is 79.9. The third-order valence-corrected chi connectivity index (χ3v) is 3.74. The Kier molecular flexibility index (Phi) is 2.80. The van der Waals surface area contributed by atoms with E-state index in [1.165, 1.54) is 12.8 Å². The molecule has 1 aliphatic heterocycles. The molecule has 1 fully saturated rings. The van der Waals surface area contributed by atoms with Crippen LogP contribution in [0.15, 0.2) is 0 Å². The molecule has 0 saturated carbocycles. The van der Waals surface area contributed by atoms with Crippen LogP contribution in [0.1, 0.15) is 12.8 Å². The van der Waals surface area contributed by atoms with E-state index in [1.807, 2.05) is 0 Å². The normalized spacial score (nSPS) is 39.8. The first-order chi connectivity index (χ1) is 3.80. The Labute approximate surface area is 66.0 Å². The summed E-state index contributed by atoms with van der Waals surface area (Å²) < 4.78 is 5.26. The van der Waals surface area contributed by atoms with E-state index in [0.717, 1.165) is 6.61 Å². The standard InChI is InChI=1S/C5H8Br2O/c6-4-2-1-3-8-5(4)7/h4-5H,1-3H2. The van der Waals surface area contributed by atoms with Gasteiger partial charge < -0.3 is 4.74 Å². The number of rotatable bonds is 0. The first kappa shape index (κ1) is 7.03. The SMILES string of the molecule is BrC1CCCOC1Br. The van der Waals surface area contributed by atoms with Crippen LogP contribution in [0, 0.1) is 0 Å². The van der Waals surface area contributed by atoms with Crippen molar-refractivity contribution < 1.29 is 4.74 Å². The number of hydrogen-bond donors (Lipinski definition) is 0. The maximum atomic E-state index is 5.26. The molecule has 0 bridgehead atoms. The second-order valence-corrected chi connectivity index (χ2v) is 3.96. The molecule has 1 heterocycles. The van der Waals surface area contributed by atoms with Crippen molar-refractivity contribution in [1.82, 2.24) is 0 Å². The highest BCUT2D eigenvalue weighted by Crippen LogP contribution is 2.24.